The Bertz CT molecular complexity index is 1370. The summed E-state index contributed by atoms with van der Waals surface area (Å²) >= 11 is 6.26. The van der Waals surface area contributed by atoms with Gasteiger partial charge in [0.05, 0.1) is 25.9 Å². The summed E-state index contributed by atoms with van der Waals surface area (Å²) in [6.45, 7) is 0.471. The zero-order valence-corrected chi connectivity index (χ0v) is 19.4. The average Bonchev–Trinajstić information content (AvgIpc) is 3.22. The van der Waals surface area contributed by atoms with Gasteiger partial charge in [0, 0.05) is 34.2 Å². The minimum absolute atomic E-state index is 0.292. The number of nitrogens with one attached hydrogen (secondary N) is 2. The summed E-state index contributed by atoms with van der Waals surface area (Å²) in [6.07, 6.45) is 0.653. The Morgan fingerprint density at radius 1 is 1.09 bits per heavy atom. The molecule has 1 aliphatic heterocycles. The first-order valence-electron chi connectivity index (χ1n) is 10.8. The molecule has 0 saturated heterocycles. The van der Waals surface area contributed by atoms with E-state index >= 15 is 0 Å². The van der Waals surface area contributed by atoms with Crippen LogP contribution in [0.1, 0.15) is 22.9 Å². The molecule has 0 bridgehead atoms. The van der Waals surface area contributed by atoms with Crippen molar-refractivity contribution in [3.8, 4) is 11.5 Å². The summed E-state index contributed by atoms with van der Waals surface area (Å²) in [4.78, 5) is 18.8. The summed E-state index contributed by atoms with van der Waals surface area (Å²) in [6, 6.07) is 16.4. The van der Waals surface area contributed by atoms with Gasteiger partial charge < -0.3 is 24.7 Å². The maximum Gasteiger partial charge on any atom is 0.322 e. The van der Waals surface area contributed by atoms with Gasteiger partial charge in [-0.05, 0) is 60.0 Å². The second kappa shape index (κ2) is 8.91. The number of nitrogens with zero attached hydrogens (tertiary/aromatic N) is 1. The van der Waals surface area contributed by atoms with Crippen LogP contribution in [-0.2, 0) is 6.42 Å². The van der Waals surface area contributed by atoms with Crippen LogP contribution in [-0.4, -0.2) is 36.7 Å². The van der Waals surface area contributed by atoms with Gasteiger partial charge in [-0.3, -0.25) is 0 Å². The number of halogens is 2. The van der Waals surface area contributed by atoms with E-state index in [0.717, 1.165) is 27.7 Å². The third kappa shape index (κ3) is 3.92. The number of hydrogen-bond donors (Lipinski definition) is 2. The first kappa shape index (κ1) is 22.1. The Hall–Kier alpha value is -3.71. The van der Waals surface area contributed by atoms with E-state index in [4.69, 9.17) is 21.1 Å². The molecule has 4 aromatic rings. The molecule has 6 nitrogen and oxygen atoms in total. The van der Waals surface area contributed by atoms with Crippen LogP contribution in [0, 0.1) is 5.82 Å². The SMILES string of the molecule is COc1ccc(NC(=O)N2CCc3c([nH]c4ccc(Cl)cc34)C2c2ccc(F)cc2)c(OC)c1. The Morgan fingerprint density at radius 3 is 2.62 bits per heavy atom. The second-order valence-electron chi connectivity index (χ2n) is 8.10. The molecule has 174 valence electrons. The number of methoxy groups -OCH3 is 2. The van der Waals surface area contributed by atoms with Crippen molar-refractivity contribution in [1.29, 1.82) is 0 Å². The van der Waals surface area contributed by atoms with E-state index in [1.165, 1.54) is 19.2 Å². The van der Waals surface area contributed by atoms with E-state index in [0.29, 0.717) is 35.2 Å². The third-order valence-corrected chi connectivity index (χ3v) is 6.42. The average molecular weight is 480 g/mol. The summed E-state index contributed by atoms with van der Waals surface area (Å²) in [7, 11) is 3.10. The highest BCUT2D eigenvalue weighted by Gasteiger charge is 2.35. The van der Waals surface area contributed by atoms with Crippen molar-refractivity contribution in [2.24, 2.45) is 0 Å². The van der Waals surface area contributed by atoms with Crippen LogP contribution in [0.5, 0.6) is 11.5 Å². The molecular formula is C26H23ClFN3O3. The van der Waals surface area contributed by atoms with Crippen LogP contribution in [0.4, 0.5) is 14.9 Å². The number of aromatic nitrogens is 1. The number of H-pyrrole nitrogens is 1. The summed E-state index contributed by atoms with van der Waals surface area (Å²) in [5.74, 6) is 0.782. The molecule has 1 aliphatic rings. The molecule has 1 atom stereocenters. The Balaban J connectivity index is 1.56. The minimum atomic E-state index is -0.431. The Morgan fingerprint density at radius 2 is 1.88 bits per heavy atom. The number of ether oxygens (including phenoxy) is 2. The highest BCUT2D eigenvalue weighted by atomic mass is 35.5. The first-order valence-corrected chi connectivity index (χ1v) is 11.2. The monoisotopic (exact) mass is 479 g/mol. The first-order chi connectivity index (χ1) is 16.5. The molecular weight excluding hydrogens is 457 g/mol. The van der Waals surface area contributed by atoms with Crippen LogP contribution in [0.25, 0.3) is 10.9 Å². The molecule has 0 spiro atoms. The van der Waals surface area contributed by atoms with Gasteiger partial charge in [-0.1, -0.05) is 23.7 Å². The molecule has 2 amide bonds. The van der Waals surface area contributed by atoms with Crippen molar-refractivity contribution in [2.45, 2.75) is 12.5 Å². The van der Waals surface area contributed by atoms with Crippen LogP contribution in [0.15, 0.2) is 60.7 Å². The number of anilines is 1. The van der Waals surface area contributed by atoms with E-state index in [-0.39, 0.29) is 11.8 Å². The minimum Gasteiger partial charge on any atom is -0.497 e. The molecule has 1 aromatic heterocycles. The molecule has 2 N–H and O–H groups in total. The Labute approximate surface area is 201 Å². The summed E-state index contributed by atoms with van der Waals surface area (Å²) < 4.78 is 24.4. The van der Waals surface area contributed by atoms with Gasteiger partial charge in [-0.2, -0.15) is 0 Å². The number of benzene rings is 3. The Kier molecular flexibility index (Phi) is 5.79. The molecule has 34 heavy (non-hydrogen) atoms. The predicted molar refractivity (Wildman–Crippen MR) is 131 cm³/mol. The molecule has 0 radical (unpaired) electrons. The van der Waals surface area contributed by atoms with Crippen molar-refractivity contribution < 1.29 is 18.7 Å². The fraction of sp³-hybridized carbons (Fsp3) is 0.192. The van der Waals surface area contributed by atoms with Gasteiger partial charge in [0.25, 0.3) is 0 Å². The lowest BCUT2D eigenvalue weighted by Crippen LogP contribution is -2.43. The number of aromatic amines is 1. The quantitative estimate of drug-likeness (QED) is 0.368. The van der Waals surface area contributed by atoms with E-state index in [2.05, 4.69) is 10.3 Å². The molecule has 0 saturated carbocycles. The van der Waals surface area contributed by atoms with E-state index in [1.54, 1.807) is 42.3 Å². The van der Waals surface area contributed by atoms with Gasteiger partial charge in [0.2, 0.25) is 0 Å². The van der Waals surface area contributed by atoms with Gasteiger partial charge >= 0.3 is 6.03 Å². The number of fused-ring (bicyclic) bond motifs is 3. The molecule has 0 fully saturated rings. The van der Waals surface area contributed by atoms with Gasteiger partial charge in [0.1, 0.15) is 17.3 Å². The zero-order chi connectivity index (χ0) is 23.8. The lowest BCUT2D eigenvalue weighted by atomic mass is 9.92. The summed E-state index contributed by atoms with van der Waals surface area (Å²) in [5, 5.41) is 4.65. The van der Waals surface area contributed by atoms with E-state index in [9.17, 15) is 9.18 Å². The third-order valence-electron chi connectivity index (χ3n) is 6.19. The number of hydrogen-bond acceptors (Lipinski definition) is 3. The van der Waals surface area contributed by atoms with Crippen molar-refractivity contribution in [1.82, 2.24) is 9.88 Å². The van der Waals surface area contributed by atoms with Crippen LogP contribution in [0.3, 0.4) is 0 Å². The standard InChI is InChI=1S/C26H23ClFN3O3/c1-33-18-8-10-22(23(14-18)34-2)30-26(32)31-12-11-19-20-13-16(27)5-9-21(20)29-24(19)25(31)15-3-6-17(28)7-4-15/h3-10,13-14,25,29H,11-12H2,1-2H3,(H,30,32). The number of carbonyl (C=O) groups excluding carboxylic acids is 1. The smallest absolute Gasteiger partial charge is 0.322 e. The second-order valence-corrected chi connectivity index (χ2v) is 8.54. The lowest BCUT2D eigenvalue weighted by Gasteiger charge is -2.36. The highest BCUT2D eigenvalue weighted by Crippen LogP contribution is 2.40. The van der Waals surface area contributed by atoms with Crippen LogP contribution < -0.4 is 14.8 Å². The lowest BCUT2D eigenvalue weighted by molar-refractivity contribution is 0.193. The largest absolute Gasteiger partial charge is 0.497 e. The molecule has 3 aromatic carbocycles. The molecule has 1 unspecified atom stereocenters. The predicted octanol–water partition coefficient (Wildman–Crippen LogP) is 6.16. The van der Waals surface area contributed by atoms with Crippen molar-refractivity contribution in [3.05, 3.63) is 88.3 Å². The normalized spacial score (nSPS) is 15.2. The van der Waals surface area contributed by atoms with Gasteiger partial charge in [0.15, 0.2) is 0 Å². The van der Waals surface area contributed by atoms with Crippen molar-refractivity contribution >= 4 is 34.2 Å². The fourth-order valence-electron chi connectivity index (χ4n) is 4.56. The maximum atomic E-state index is 13.7. The van der Waals surface area contributed by atoms with Crippen LogP contribution in [0.2, 0.25) is 5.02 Å². The number of amides is 2. The molecule has 0 aliphatic carbocycles. The van der Waals surface area contributed by atoms with Crippen molar-refractivity contribution in [3.63, 3.8) is 0 Å². The molecule has 5 rings (SSSR count). The number of rotatable bonds is 4. The zero-order valence-electron chi connectivity index (χ0n) is 18.7. The van der Waals surface area contributed by atoms with Crippen LogP contribution >= 0.6 is 11.6 Å². The fourth-order valence-corrected chi connectivity index (χ4v) is 4.73. The van der Waals surface area contributed by atoms with E-state index < -0.39 is 6.04 Å². The maximum absolute atomic E-state index is 13.7. The van der Waals surface area contributed by atoms with Crippen molar-refractivity contribution in [2.75, 3.05) is 26.1 Å². The topological polar surface area (TPSA) is 66.6 Å². The highest BCUT2D eigenvalue weighted by molar-refractivity contribution is 6.31. The van der Waals surface area contributed by atoms with Gasteiger partial charge in [-0.25, -0.2) is 9.18 Å². The molecule has 8 heteroatoms. The number of urea groups is 1. The van der Waals surface area contributed by atoms with Gasteiger partial charge in [-0.15, -0.1) is 0 Å². The number of carbonyl (C=O) groups is 1. The van der Waals surface area contributed by atoms with E-state index in [1.807, 2.05) is 18.2 Å². The summed E-state index contributed by atoms with van der Waals surface area (Å²) in [5.41, 5.74) is 4.28. The molecule has 2 heterocycles.